The fourth-order valence-corrected chi connectivity index (χ4v) is 2.51. The van der Waals surface area contributed by atoms with Gasteiger partial charge in [0.25, 0.3) is 0 Å². The van der Waals surface area contributed by atoms with E-state index < -0.39 is 6.10 Å². The summed E-state index contributed by atoms with van der Waals surface area (Å²) in [7, 11) is 0. The van der Waals surface area contributed by atoms with Gasteiger partial charge in [0.2, 0.25) is 0 Å². The van der Waals surface area contributed by atoms with Gasteiger partial charge in [0.1, 0.15) is 0 Å². The first-order valence-corrected chi connectivity index (χ1v) is 8.26. The minimum atomic E-state index is -0.482. The third-order valence-electron chi connectivity index (χ3n) is 3.76. The molecule has 2 aromatic rings. The van der Waals surface area contributed by atoms with Crippen LogP contribution in [0.25, 0.3) is 0 Å². The highest BCUT2D eigenvalue weighted by Crippen LogP contribution is 2.24. The van der Waals surface area contributed by atoms with E-state index in [4.69, 9.17) is 4.74 Å². The van der Waals surface area contributed by atoms with Crippen molar-refractivity contribution in [2.45, 2.75) is 31.9 Å². The highest BCUT2D eigenvalue weighted by Gasteiger charge is 2.15. The second-order valence-corrected chi connectivity index (χ2v) is 6.13. The van der Waals surface area contributed by atoms with E-state index in [9.17, 15) is 5.11 Å². The summed E-state index contributed by atoms with van der Waals surface area (Å²) in [6.07, 6.45) is -0.482. The van der Waals surface area contributed by atoms with Crippen molar-refractivity contribution in [3.8, 4) is 0 Å². The molecule has 0 aliphatic heterocycles. The van der Waals surface area contributed by atoms with Crippen molar-refractivity contribution in [2.24, 2.45) is 0 Å². The largest absolute Gasteiger partial charge is 0.389 e. The van der Waals surface area contributed by atoms with E-state index in [0.29, 0.717) is 25.8 Å². The maximum absolute atomic E-state index is 9.96. The van der Waals surface area contributed by atoms with Gasteiger partial charge >= 0.3 is 0 Å². The Morgan fingerprint density at radius 3 is 1.83 bits per heavy atom. The van der Waals surface area contributed by atoms with E-state index in [1.165, 1.54) is 11.1 Å². The molecule has 0 radical (unpaired) electrons. The Kier molecular flexibility index (Phi) is 9.65. The second kappa shape index (κ2) is 11.2. The second-order valence-electron chi connectivity index (χ2n) is 6.13. The van der Waals surface area contributed by atoms with Gasteiger partial charge in [0.15, 0.2) is 0 Å². The minimum Gasteiger partial charge on any atom is -0.389 e. The molecule has 0 saturated carbocycles. The molecule has 2 aromatic carbocycles. The Morgan fingerprint density at radius 2 is 1.38 bits per heavy atom. The third-order valence-corrected chi connectivity index (χ3v) is 3.76. The highest BCUT2D eigenvalue weighted by molar-refractivity contribution is 5.85. The van der Waals surface area contributed by atoms with Crippen molar-refractivity contribution >= 4 is 12.4 Å². The molecule has 132 valence electrons. The maximum Gasteiger partial charge on any atom is 0.0897 e. The number of aliphatic hydroxyl groups is 1. The molecule has 2 N–H and O–H groups in total. The van der Waals surface area contributed by atoms with E-state index in [1.54, 1.807) is 0 Å². The predicted molar refractivity (Wildman–Crippen MR) is 102 cm³/mol. The first-order chi connectivity index (χ1) is 11.2. The van der Waals surface area contributed by atoms with Crippen molar-refractivity contribution in [1.29, 1.82) is 0 Å². The van der Waals surface area contributed by atoms with Gasteiger partial charge in [-0.15, -0.1) is 12.4 Å². The molecular weight excluding hydrogens is 322 g/mol. The van der Waals surface area contributed by atoms with Crippen molar-refractivity contribution in [3.05, 3.63) is 71.8 Å². The molecule has 1 unspecified atom stereocenters. The van der Waals surface area contributed by atoms with E-state index in [2.05, 4.69) is 43.4 Å². The lowest BCUT2D eigenvalue weighted by Crippen LogP contribution is -2.34. The maximum atomic E-state index is 9.96. The minimum absolute atomic E-state index is 0. The fourth-order valence-electron chi connectivity index (χ4n) is 2.51. The molecule has 0 heterocycles. The van der Waals surface area contributed by atoms with Crippen LogP contribution in [-0.2, 0) is 4.74 Å². The van der Waals surface area contributed by atoms with E-state index in [-0.39, 0.29) is 18.3 Å². The number of hydrogen-bond acceptors (Lipinski definition) is 3. The van der Waals surface area contributed by atoms with Crippen LogP contribution in [0, 0.1) is 0 Å². The van der Waals surface area contributed by atoms with E-state index in [0.717, 1.165) is 0 Å². The molecule has 1 atom stereocenters. The lowest BCUT2D eigenvalue weighted by molar-refractivity contribution is 0.0332. The molecule has 0 spiro atoms. The summed E-state index contributed by atoms with van der Waals surface area (Å²) in [5.41, 5.74) is 2.46. The van der Waals surface area contributed by atoms with E-state index >= 15 is 0 Å². The van der Waals surface area contributed by atoms with Gasteiger partial charge in [-0.05, 0) is 11.1 Å². The normalized spacial score (nSPS) is 12.2. The van der Waals surface area contributed by atoms with Gasteiger partial charge in [0, 0.05) is 18.5 Å². The summed E-state index contributed by atoms with van der Waals surface area (Å²) < 4.78 is 5.81. The first kappa shape index (κ1) is 20.7. The number of aliphatic hydroxyl groups excluding tert-OH is 1. The average molecular weight is 350 g/mol. The van der Waals surface area contributed by atoms with Crippen LogP contribution < -0.4 is 5.32 Å². The van der Waals surface area contributed by atoms with Crippen LogP contribution in [0.2, 0.25) is 0 Å². The van der Waals surface area contributed by atoms with Crippen molar-refractivity contribution < 1.29 is 9.84 Å². The number of benzene rings is 2. The molecule has 4 heteroatoms. The molecule has 0 fully saturated rings. The quantitative estimate of drug-likeness (QED) is 0.726. The van der Waals surface area contributed by atoms with Gasteiger partial charge in [-0.1, -0.05) is 74.5 Å². The summed E-state index contributed by atoms with van der Waals surface area (Å²) >= 11 is 0. The van der Waals surface area contributed by atoms with Gasteiger partial charge in [-0.2, -0.15) is 0 Å². The van der Waals surface area contributed by atoms with Crippen LogP contribution in [0.3, 0.4) is 0 Å². The Bertz CT molecular complexity index is 509. The molecule has 0 aliphatic rings. The summed E-state index contributed by atoms with van der Waals surface area (Å²) in [5, 5.41) is 13.2. The molecule has 0 amide bonds. The van der Waals surface area contributed by atoms with Crippen LogP contribution in [0.15, 0.2) is 60.7 Å². The number of nitrogens with one attached hydrogen (secondary N) is 1. The predicted octanol–water partition coefficient (Wildman–Crippen LogP) is 3.62. The van der Waals surface area contributed by atoms with Gasteiger partial charge in [0.05, 0.1) is 19.3 Å². The summed E-state index contributed by atoms with van der Waals surface area (Å²) in [6, 6.07) is 21.1. The summed E-state index contributed by atoms with van der Waals surface area (Å²) in [4.78, 5) is 0. The standard InChI is InChI=1S/C20H27NO2.ClH/c1-16(2)21-13-19(22)14-23-15-20(17-9-5-3-6-10-17)18-11-7-4-8-12-18;/h3-12,16,19-22H,13-15H2,1-2H3;1H. The average Bonchev–Trinajstić information content (AvgIpc) is 2.58. The lowest BCUT2D eigenvalue weighted by atomic mass is 9.92. The first-order valence-electron chi connectivity index (χ1n) is 8.26. The molecule has 2 rings (SSSR count). The molecule has 0 aromatic heterocycles. The molecule has 3 nitrogen and oxygen atoms in total. The zero-order valence-corrected chi connectivity index (χ0v) is 15.2. The zero-order valence-electron chi connectivity index (χ0n) is 14.4. The Balaban J connectivity index is 0.00000288. The number of ether oxygens (including phenoxy) is 1. The summed E-state index contributed by atoms with van der Waals surface area (Å²) in [6.45, 7) is 5.59. The SMILES string of the molecule is CC(C)NCC(O)COCC(c1ccccc1)c1ccccc1.Cl. The Hall–Kier alpha value is -1.39. The molecule has 0 aliphatic carbocycles. The van der Waals surface area contributed by atoms with Crippen molar-refractivity contribution in [2.75, 3.05) is 19.8 Å². The van der Waals surface area contributed by atoms with Gasteiger partial charge < -0.3 is 15.2 Å². The Morgan fingerprint density at radius 1 is 0.875 bits per heavy atom. The zero-order chi connectivity index (χ0) is 16.5. The third kappa shape index (κ3) is 7.02. The van der Waals surface area contributed by atoms with Crippen molar-refractivity contribution in [3.63, 3.8) is 0 Å². The smallest absolute Gasteiger partial charge is 0.0897 e. The molecular formula is C20H28ClNO2. The van der Waals surface area contributed by atoms with Crippen LogP contribution in [-0.4, -0.2) is 37.0 Å². The molecule has 0 bridgehead atoms. The number of hydrogen-bond donors (Lipinski definition) is 2. The topological polar surface area (TPSA) is 41.5 Å². The molecule has 0 saturated heterocycles. The van der Waals surface area contributed by atoms with Crippen LogP contribution >= 0.6 is 12.4 Å². The molecule has 24 heavy (non-hydrogen) atoms. The number of halogens is 1. The fraction of sp³-hybridized carbons (Fsp3) is 0.400. The van der Waals surface area contributed by atoms with Gasteiger partial charge in [-0.3, -0.25) is 0 Å². The van der Waals surface area contributed by atoms with Crippen molar-refractivity contribution in [1.82, 2.24) is 5.32 Å². The highest BCUT2D eigenvalue weighted by atomic mass is 35.5. The van der Waals surface area contributed by atoms with Crippen LogP contribution in [0.1, 0.15) is 30.9 Å². The Labute approximate surface area is 151 Å². The lowest BCUT2D eigenvalue weighted by Gasteiger charge is -2.20. The monoisotopic (exact) mass is 349 g/mol. The van der Waals surface area contributed by atoms with Gasteiger partial charge in [-0.25, -0.2) is 0 Å². The van der Waals surface area contributed by atoms with E-state index in [1.807, 2.05) is 36.4 Å². The van der Waals surface area contributed by atoms with Crippen LogP contribution in [0.5, 0.6) is 0 Å². The van der Waals surface area contributed by atoms with Crippen LogP contribution in [0.4, 0.5) is 0 Å². The summed E-state index contributed by atoms with van der Waals surface area (Å²) in [5.74, 6) is 0.183. The number of rotatable bonds is 9.